The minimum absolute atomic E-state index is 0.0151. The van der Waals surface area contributed by atoms with E-state index >= 15 is 0 Å². The second-order valence-corrected chi connectivity index (χ2v) is 10.3. The van der Waals surface area contributed by atoms with Crippen molar-refractivity contribution in [3.63, 3.8) is 0 Å². The van der Waals surface area contributed by atoms with Crippen LogP contribution in [0.2, 0.25) is 0 Å². The number of nitrogens with one attached hydrogen (secondary N) is 2. The molecule has 0 aliphatic carbocycles. The van der Waals surface area contributed by atoms with Gasteiger partial charge in [-0.1, -0.05) is 0 Å². The first-order chi connectivity index (χ1) is 13.2. The van der Waals surface area contributed by atoms with E-state index in [-0.39, 0.29) is 33.3 Å². The van der Waals surface area contributed by atoms with E-state index in [0.29, 0.717) is 10.2 Å². The van der Waals surface area contributed by atoms with Crippen molar-refractivity contribution in [2.45, 2.75) is 18.5 Å². The molecule has 3 aliphatic rings. The zero-order chi connectivity index (χ0) is 18.1. The van der Waals surface area contributed by atoms with Crippen LogP contribution in [0.25, 0.3) is 10.9 Å². The number of hydrogen-bond acceptors (Lipinski definition) is 4. The molecule has 6 rings (SSSR count). The average Bonchev–Trinajstić information content (AvgIpc) is 3.36. The third kappa shape index (κ3) is 2.35. The Morgan fingerprint density at radius 2 is 2.04 bits per heavy atom. The monoisotopic (exact) mass is 506 g/mol. The van der Waals surface area contributed by atoms with Crippen LogP contribution in [-0.4, -0.2) is 25.9 Å². The summed E-state index contributed by atoms with van der Waals surface area (Å²) in [5, 5.41) is 2.42. The molecule has 0 saturated carbocycles. The van der Waals surface area contributed by atoms with E-state index in [0.717, 1.165) is 27.2 Å². The molecule has 3 aromatic rings. The molecule has 3 aliphatic heterocycles. The molecule has 0 radical (unpaired) electrons. The molecule has 1 aromatic heterocycles. The summed E-state index contributed by atoms with van der Waals surface area (Å²) in [5.41, 5.74) is 4.90. The zero-order valence-electron chi connectivity index (χ0n) is 14.1. The van der Waals surface area contributed by atoms with Gasteiger partial charge in [0.05, 0.1) is 0 Å². The van der Waals surface area contributed by atoms with Gasteiger partial charge in [0.2, 0.25) is 0 Å². The number of quaternary nitrogens is 1. The fraction of sp³-hybridized carbons (Fsp3) is 0.200. The Labute approximate surface area is 177 Å². The summed E-state index contributed by atoms with van der Waals surface area (Å²) in [6.45, 7) is 0. The van der Waals surface area contributed by atoms with Crippen LogP contribution in [0, 0.1) is 3.57 Å². The Balaban J connectivity index is 1.60. The number of aromatic nitrogens is 1. The molecular formula is C20H15IN2O2S2. The molecule has 7 heteroatoms. The third-order valence-electron chi connectivity index (χ3n) is 5.64. The first-order valence-corrected chi connectivity index (χ1v) is 12.2. The molecule has 27 heavy (non-hydrogen) atoms. The summed E-state index contributed by atoms with van der Waals surface area (Å²) >= 11 is 11.1. The Hall–Kier alpha value is -1.55. The van der Waals surface area contributed by atoms with Crippen molar-refractivity contribution in [1.29, 1.82) is 0 Å². The molecule has 0 spiro atoms. The summed E-state index contributed by atoms with van der Waals surface area (Å²) < 4.78 is 13.9. The Bertz CT molecular complexity index is 1140. The fourth-order valence-electron chi connectivity index (χ4n) is 4.46. The molecule has 1 saturated heterocycles. The number of halogens is 1. The quantitative estimate of drug-likeness (QED) is 0.261. The number of alkyl halides is 1. The van der Waals surface area contributed by atoms with Gasteiger partial charge >= 0.3 is 178 Å². The van der Waals surface area contributed by atoms with E-state index in [9.17, 15) is 0 Å². The van der Waals surface area contributed by atoms with E-state index in [1.165, 1.54) is 25.8 Å². The van der Waals surface area contributed by atoms with Gasteiger partial charge in [0.25, 0.3) is 0 Å². The molecule has 3 atom stereocenters. The molecule has 3 unspecified atom stereocenters. The van der Waals surface area contributed by atoms with Gasteiger partial charge in [0.15, 0.2) is 0 Å². The number of aromatic amines is 1. The fourth-order valence-corrected chi connectivity index (χ4v) is 7.11. The maximum absolute atomic E-state index is 5.88. The van der Waals surface area contributed by atoms with E-state index in [1.807, 2.05) is 0 Å². The molecule has 2 N–H and O–H groups in total. The predicted molar refractivity (Wildman–Crippen MR) is 106 cm³/mol. The van der Waals surface area contributed by atoms with E-state index in [2.05, 4.69) is 47.4 Å². The van der Waals surface area contributed by atoms with Crippen LogP contribution in [0.15, 0.2) is 42.5 Å². The number of para-hydroxylation sites is 1. The summed E-state index contributed by atoms with van der Waals surface area (Å²) in [7, 11) is 0. The SMILES string of the molecule is S=C1OC(=S)[NH+]2C1Cc1c([nH]c3ccccc13)C2c1ccc2c(c1)OC[I-]2. The van der Waals surface area contributed by atoms with Crippen LogP contribution in [0.4, 0.5) is 0 Å². The Morgan fingerprint density at radius 3 is 2.96 bits per heavy atom. The first-order valence-electron chi connectivity index (χ1n) is 8.79. The number of ether oxygens (including phenoxy) is 2. The van der Waals surface area contributed by atoms with Crippen molar-refractivity contribution in [3.8, 4) is 5.75 Å². The average molecular weight is 506 g/mol. The molecule has 0 bridgehead atoms. The van der Waals surface area contributed by atoms with Gasteiger partial charge in [-0.2, -0.15) is 0 Å². The summed E-state index contributed by atoms with van der Waals surface area (Å²) in [5.74, 6) is 1.04. The number of fused-ring (bicyclic) bond motifs is 5. The number of thiocarbonyl (C=S) groups is 2. The van der Waals surface area contributed by atoms with Crippen molar-refractivity contribution in [3.05, 3.63) is 62.9 Å². The summed E-state index contributed by atoms with van der Waals surface area (Å²) in [6.07, 6.45) is 0.844. The second kappa shape index (κ2) is 5.97. The van der Waals surface area contributed by atoms with Crippen LogP contribution >= 0.6 is 24.4 Å². The van der Waals surface area contributed by atoms with Crippen LogP contribution in [0.5, 0.6) is 5.75 Å². The second-order valence-electron chi connectivity index (χ2n) is 6.99. The molecule has 2 aromatic carbocycles. The van der Waals surface area contributed by atoms with Gasteiger partial charge in [-0.15, -0.1) is 0 Å². The zero-order valence-corrected chi connectivity index (χ0v) is 17.9. The van der Waals surface area contributed by atoms with Gasteiger partial charge in [0, 0.05) is 0 Å². The molecular weight excluding hydrogens is 491 g/mol. The van der Waals surface area contributed by atoms with Gasteiger partial charge in [0.1, 0.15) is 0 Å². The van der Waals surface area contributed by atoms with Crippen molar-refractivity contribution in [2.75, 3.05) is 4.61 Å². The van der Waals surface area contributed by atoms with E-state index < -0.39 is 0 Å². The standard InChI is InChI=1S/C20H14IN2O2S2/c26-19-15-8-12-11-3-1-2-4-14(11)22-17(12)18(23(15)20(27)25-19)10-5-6-13-16(7-10)24-9-21-13/h1-7,15,18,22H,8-9H2/q-1/p+1. The molecule has 1 fully saturated rings. The number of H-pyrrole nitrogens is 1. The van der Waals surface area contributed by atoms with E-state index in [4.69, 9.17) is 33.9 Å². The topological polar surface area (TPSA) is 38.7 Å². The number of benzene rings is 2. The number of rotatable bonds is 1. The molecule has 0 amide bonds. The molecule has 136 valence electrons. The summed E-state index contributed by atoms with van der Waals surface area (Å²) in [4.78, 5) is 4.79. The Kier molecular flexibility index (Phi) is 3.63. The van der Waals surface area contributed by atoms with Crippen LogP contribution in [-0.2, 0) is 11.2 Å². The van der Waals surface area contributed by atoms with Gasteiger partial charge in [-0.05, 0) is 0 Å². The van der Waals surface area contributed by atoms with Gasteiger partial charge in [-0.3, -0.25) is 0 Å². The van der Waals surface area contributed by atoms with Crippen molar-refractivity contribution < 1.29 is 35.6 Å². The normalized spacial score (nSPS) is 26.0. The first kappa shape index (κ1) is 16.4. The van der Waals surface area contributed by atoms with Crippen LogP contribution in [0.1, 0.15) is 22.9 Å². The molecule has 4 heterocycles. The maximum atomic E-state index is 5.88. The molecule has 4 nitrogen and oxygen atoms in total. The van der Waals surface area contributed by atoms with Crippen molar-refractivity contribution in [2.24, 2.45) is 0 Å². The van der Waals surface area contributed by atoms with Crippen molar-refractivity contribution >= 4 is 45.6 Å². The third-order valence-corrected chi connectivity index (χ3v) is 8.66. The van der Waals surface area contributed by atoms with Crippen LogP contribution < -0.4 is 30.8 Å². The predicted octanol–water partition coefficient (Wildman–Crippen LogP) is -0.682. The Morgan fingerprint density at radius 1 is 1.15 bits per heavy atom. The van der Waals surface area contributed by atoms with Crippen LogP contribution in [0.3, 0.4) is 0 Å². The number of hydrogen-bond donors (Lipinski definition) is 2. The van der Waals surface area contributed by atoms with Gasteiger partial charge in [-0.25, -0.2) is 0 Å². The summed E-state index contributed by atoms with van der Waals surface area (Å²) in [6, 6.07) is 15.2. The minimum atomic E-state index is -0.0151. The van der Waals surface area contributed by atoms with Crippen molar-refractivity contribution in [1.82, 2.24) is 4.98 Å². The van der Waals surface area contributed by atoms with Gasteiger partial charge < -0.3 is 0 Å². The van der Waals surface area contributed by atoms with E-state index in [1.54, 1.807) is 0 Å².